The molecule has 0 saturated carbocycles. The number of aryl methyl sites for hydroxylation is 1. The van der Waals surface area contributed by atoms with Crippen molar-refractivity contribution in [1.29, 1.82) is 0 Å². The smallest absolute Gasteiger partial charge is 0.125 e. The molecular formula is C35H44N4O. The molecule has 0 radical (unpaired) electrons. The highest BCUT2D eigenvalue weighted by atomic mass is 16.5. The van der Waals surface area contributed by atoms with Gasteiger partial charge in [-0.1, -0.05) is 58.0 Å². The number of benzene rings is 3. The van der Waals surface area contributed by atoms with Crippen molar-refractivity contribution in [2.45, 2.75) is 73.1 Å². The lowest BCUT2D eigenvalue weighted by Crippen LogP contribution is -2.32. The zero-order valence-corrected chi connectivity index (χ0v) is 25.1. The zero-order chi connectivity index (χ0) is 28.6. The van der Waals surface area contributed by atoms with Gasteiger partial charge in [0.15, 0.2) is 0 Å². The van der Waals surface area contributed by atoms with Gasteiger partial charge in [0.25, 0.3) is 0 Å². The molecule has 0 bridgehead atoms. The largest absolute Gasteiger partial charge is 0.489 e. The first-order valence-corrected chi connectivity index (χ1v) is 14.5. The molecule has 0 fully saturated rings. The topological polar surface area (TPSA) is 63.4 Å². The molecule has 1 unspecified atom stereocenters. The van der Waals surface area contributed by atoms with Crippen LogP contribution in [0.15, 0.2) is 60.8 Å². The molecule has 40 heavy (non-hydrogen) atoms. The van der Waals surface area contributed by atoms with Gasteiger partial charge in [0.05, 0.1) is 16.9 Å². The third-order valence-corrected chi connectivity index (χ3v) is 8.49. The Labute approximate surface area is 239 Å². The highest BCUT2D eigenvalue weighted by Crippen LogP contribution is 2.44. The highest BCUT2D eigenvalue weighted by molar-refractivity contribution is 5.81. The Morgan fingerprint density at radius 1 is 1.10 bits per heavy atom. The molecule has 3 N–H and O–H groups in total. The molecule has 2 heterocycles. The molecule has 0 spiro atoms. The van der Waals surface area contributed by atoms with Crippen LogP contribution in [-0.2, 0) is 13.1 Å². The first-order chi connectivity index (χ1) is 19.1. The number of fused-ring (bicyclic) bond motifs is 2. The van der Waals surface area contributed by atoms with E-state index < -0.39 is 0 Å². The SMILES string of the molecule is CC[C@H]1CN(Cc2cc(C(c3ccc(NC)c(N)c3C)C(C)(C)C)ccc2C)Cc2cc3ncccc3cc2O1. The molecular weight excluding hydrogens is 492 g/mol. The summed E-state index contributed by atoms with van der Waals surface area (Å²) < 4.78 is 6.53. The standard InChI is InChI=1S/C35H44N4O/c1-8-28-21-39(20-27-17-31-24(10-9-15-38-31)18-32(27)40-28)19-26-16-25(12-11-22(26)2)33(35(4,5)6)29-13-14-30(37-7)34(36)23(29)3/h9-18,28,33,37H,8,19-21,36H2,1-7H3/t28-,33?/m0/s1. The number of anilines is 2. The number of nitrogens with zero attached hydrogens (tertiary/aromatic N) is 2. The number of hydrogen-bond acceptors (Lipinski definition) is 5. The average Bonchev–Trinajstić information content (AvgIpc) is 3.09. The molecule has 5 nitrogen and oxygen atoms in total. The summed E-state index contributed by atoms with van der Waals surface area (Å²) >= 11 is 0. The first kappa shape index (κ1) is 28.0. The van der Waals surface area contributed by atoms with Gasteiger partial charge in [-0.25, -0.2) is 0 Å². The van der Waals surface area contributed by atoms with Crippen LogP contribution in [0, 0.1) is 19.3 Å². The predicted octanol–water partition coefficient (Wildman–Crippen LogP) is 7.83. The number of aromatic nitrogens is 1. The molecule has 5 rings (SSSR count). The molecule has 5 heteroatoms. The molecule has 1 aliphatic heterocycles. The van der Waals surface area contributed by atoms with Gasteiger partial charge in [-0.3, -0.25) is 9.88 Å². The van der Waals surface area contributed by atoms with E-state index in [1.807, 2.05) is 19.3 Å². The second kappa shape index (κ2) is 11.1. The van der Waals surface area contributed by atoms with Gasteiger partial charge < -0.3 is 15.8 Å². The van der Waals surface area contributed by atoms with Crippen molar-refractivity contribution in [2.75, 3.05) is 24.6 Å². The van der Waals surface area contributed by atoms with Crippen LogP contribution in [0.1, 0.15) is 73.4 Å². The lowest BCUT2D eigenvalue weighted by molar-refractivity contribution is 0.139. The third kappa shape index (κ3) is 5.53. The Morgan fingerprint density at radius 2 is 1.90 bits per heavy atom. The van der Waals surface area contributed by atoms with Gasteiger partial charge >= 0.3 is 0 Å². The van der Waals surface area contributed by atoms with Gasteiger partial charge in [-0.2, -0.15) is 0 Å². The third-order valence-electron chi connectivity index (χ3n) is 8.49. The molecule has 2 atom stereocenters. The molecule has 1 aliphatic rings. The zero-order valence-electron chi connectivity index (χ0n) is 25.1. The Hall–Kier alpha value is -3.57. The summed E-state index contributed by atoms with van der Waals surface area (Å²) in [6.07, 6.45) is 2.98. The van der Waals surface area contributed by atoms with Crippen LogP contribution in [0.2, 0.25) is 0 Å². The van der Waals surface area contributed by atoms with Crippen molar-refractivity contribution in [1.82, 2.24) is 9.88 Å². The van der Waals surface area contributed by atoms with Crippen molar-refractivity contribution < 1.29 is 4.74 Å². The summed E-state index contributed by atoms with van der Waals surface area (Å²) in [5, 5.41) is 4.35. The van der Waals surface area contributed by atoms with Crippen molar-refractivity contribution in [3.8, 4) is 5.75 Å². The van der Waals surface area contributed by atoms with Crippen LogP contribution in [0.4, 0.5) is 11.4 Å². The molecule has 0 amide bonds. The van der Waals surface area contributed by atoms with Gasteiger partial charge in [0, 0.05) is 49.7 Å². The summed E-state index contributed by atoms with van der Waals surface area (Å²) in [6.45, 7) is 16.2. The van der Waals surface area contributed by atoms with Crippen LogP contribution in [0.25, 0.3) is 10.9 Å². The lowest BCUT2D eigenvalue weighted by Gasteiger charge is -2.34. The monoisotopic (exact) mass is 536 g/mol. The number of ether oxygens (including phenoxy) is 1. The first-order valence-electron chi connectivity index (χ1n) is 14.5. The molecule has 1 aromatic heterocycles. The van der Waals surface area contributed by atoms with E-state index in [1.54, 1.807) is 0 Å². The van der Waals surface area contributed by atoms with Crippen LogP contribution in [0.3, 0.4) is 0 Å². The molecule has 3 aromatic carbocycles. The van der Waals surface area contributed by atoms with Gasteiger partial charge in [-0.15, -0.1) is 0 Å². The maximum Gasteiger partial charge on any atom is 0.125 e. The van der Waals surface area contributed by atoms with Crippen molar-refractivity contribution in [3.63, 3.8) is 0 Å². The van der Waals surface area contributed by atoms with E-state index >= 15 is 0 Å². The Balaban J connectivity index is 1.51. The van der Waals surface area contributed by atoms with Gasteiger partial charge in [-0.05, 0) is 77.8 Å². The van der Waals surface area contributed by atoms with Crippen molar-refractivity contribution in [3.05, 3.63) is 94.2 Å². The summed E-state index contributed by atoms with van der Waals surface area (Å²) in [4.78, 5) is 7.14. The molecule has 4 aromatic rings. The Morgan fingerprint density at radius 3 is 2.62 bits per heavy atom. The van der Waals surface area contributed by atoms with Gasteiger partial charge in [0.1, 0.15) is 11.9 Å². The number of pyridine rings is 1. The van der Waals surface area contributed by atoms with Crippen molar-refractivity contribution >= 4 is 22.3 Å². The average molecular weight is 537 g/mol. The minimum atomic E-state index is 0.0155. The Bertz CT molecular complexity index is 1520. The maximum absolute atomic E-state index is 6.56. The fourth-order valence-corrected chi connectivity index (χ4v) is 6.22. The quantitative estimate of drug-likeness (QED) is 0.246. The molecule has 0 aliphatic carbocycles. The predicted molar refractivity (Wildman–Crippen MR) is 168 cm³/mol. The Kier molecular flexibility index (Phi) is 7.78. The summed E-state index contributed by atoms with van der Waals surface area (Å²) in [5.41, 5.74) is 17.1. The fraction of sp³-hybridized carbons (Fsp3) is 0.400. The number of nitrogens with one attached hydrogen (secondary N) is 1. The summed E-state index contributed by atoms with van der Waals surface area (Å²) in [6, 6.07) is 19.9. The number of nitrogen functional groups attached to an aromatic ring is 1. The summed E-state index contributed by atoms with van der Waals surface area (Å²) in [7, 11) is 1.92. The minimum Gasteiger partial charge on any atom is -0.489 e. The molecule has 0 saturated heterocycles. The second-order valence-corrected chi connectivity index (χ2v) is 12.4. The van der Waals surface area contributed by atoms with Crippen LogP contribution < -0.4 is 15.8 Å². The van der Waals surface area contributed by atoms with E-state index in [2.05, 4.69) is 105 Å². The highest BCUT2D eigenvalue weighted by Gasteiger charge is 2.31. The number of nitrogens with two attached hydrogens (primary N) is 1. The molecule has 210 valence electrons. The van der Waals surface area contributed by atoms with E-state index in [4.69, 9.17) is 10.5 Å². The fourth-order valence-electron chi connectivity index (χ4n) is 6.22. The van der Waals surface area contributed by atoms with E-state index in [0.29, 0.717) is 0 Å². The second-order valence-electron chi connectivity index (χ2n) is 12.4. The van der Waals surface area contributed by atoms with E-state index in [1.165, 1.54) is 27.8 Å². The lowest BCUT2D eigenvalue weighted by atomic mass is 9.71. The van der Waals surface area contributed by atoms with Crippen LogP contribution in [-0.4, -0.2) is 29.6 Å². The van der Waals surface area contributed by atoms with E-state index in [0.717, 1.165) is 59.6 Å². The maximum atomic E-state index is 6.56. The normalized spacial score (nSPS) is 16.7. The van der Waals surface area contributed by atoms with Crippen molar-refractivity contribution in [2.24, 2.45) is 5.41 Å². The minimum absolute atomic E-state index is 0.0155. The van der Waals surface area contributed by atoms with E-state index in [9.17, 15) is 0 Å². The number of rotatable bonds is 6. The van der Waals surface area contributed by atoms with Gasteiger partial charge in [0.2, 0.25) is 0 Å². The summed E-state index contributed by atoms with van der Waals surface area (Å²) in [5.74, 6) is 1.21. The van der Waals surface area contributed by atoms with Crippen LogP contribution >= 0.6 is 0 Å². The number of hydrogen-bond donors (Lipinski definition) is 2. The van der Waals surface area contributed by atoms with Crippen LogP contribution in [0.5, 0.6) is 5.75 Å². The van der Waals surface area contributed by atoms with E-state index in [-0.39, 0.29) is 17.4 Å².